The fourth-order valence-electron chi connectivity index (χ4n) is 3.77. The van der Waals surface area contributed by atoms with Crippen LogP contribution in [0.3, 0.4) is 0 Å². The highest BCUT2D eigenvalue weighted by Crippen LogP contribution is 2.23. The van der Waals surface area contributed by atoms with Crippen LogP contribution in [0.15, 0.2) is 78.9 Å². The van der Waals surface area contributed by atoms with Crippen molar-refractivity contribution >= 4 is 17.5 Å². The van der Waals surface area contributed by atoms with Crippen LogP contribution in [0.2, 0.25) is 0 Å². The van der Waals surface area contributed by atoms with Gasteiger partial charge in [-0.3, -0.25) is 14.7 Å². The summed E-state index contributed by atoms with van der Waals surface area (Å²) in [5.41, 5.74) is 3.82. The van der Waals surface area contributed by atoms with E-state index < -0.39 is 11.9 Å². The van der Waals surface area contributed by atoms with Crippen LogP contribution in [0.1, 0.15) is 22.5 Å². The maximum Gasteiger partial charge on any atom is 0.249 e. The van der Waals surface area contributed by atoms with Crippen molar-refractivity contribution in [3.63, 3.8) is 0 Å². The fraction of sp³-hybridized carbons (Fsp3) is 0.207. The van der Waals surface area contributed by atoms with E-state index in [2.05, 4.69) is 20.8 Å². The minimum Gasteiger partial charge on any atom is -0.457 e. The molecular formula is C29H29FN4O4. The molecule has 0 aliphatic rings. The number of H-pyrrole nitrogens is 1. The molecule has 3 aromatic carbocycles. The van der Waals surface area contributed by atoms with E-state index in [1.54, 1.807) is 24.3 Å². The molecule has 4 rings (SSSR count). The third-order valence-corrected chi connectivity index (χ3v) is 5.84. The second-order valence-corrected chi connectivity index (χ2v) is 8.78. The molecule has 0 saturated heterocycles. The number of amides is 2. The molecule has 0 fully saturated rings. The van der Waals surface area contributed by atoms with E-state index in [4.69, 9.17) is 9.47 Å². The Kier molecular flexibility index (Phi) is 8.84. The molecule has 0 aliphatic heterocycles. The first-order valence-corrected chi connectivity index (χ1v) is 12.1. The van der Waals surface area contributed by atoms with E-state index in [0.717, 1.165) is 22.5 Å². The highest BCUT2D eigenvalue weighted by atomic mass is 19.1. The molecule has 3 N–H and O–H groups in total. The number of aromatic nitrogens is 2. The summed E-state index contributed by atoms with van der Waals surface area (Å²) in [6, 6.07) is 21.1. The van der Waals surface area contributed by atoms with Gasteiger partial charge in [-0.15, -0.1) is 0 Å². The third kappa shape index (κ3) is 7.50. The topological polar surface area (TPSA) is 105 Å². The number of aryl methyl sites for hydroxylation is 2. The van der Waals surface area contributed by atoms with Gasteiger partial charge in [-0.25, -0.2) is 4.39 Å². The van der Waals surface area contributed by atoms with Crippen LogP contribution in [-0.4, -0.2) is 34.7 Å². The number of nitrogens with zero attached hydrogens (tertiary/aromatic N) is 1. The first-order chi connectivity index (χ1) is 18.4. The SMILES string of the molecule is Cc1n[nH]c(C)c1CC(=O)NC(COCc1ccccc1)C(=O)Nc1ccc(Oc2ccc(F)cc2)cc1. The van der Waals surface area contributed by atoms with Gasteiger partial charge in [0, 0.05) is 16.9 Å². The summed E-state index contributed by atoms with van der Waals surface area (Å²) in [5.74, 6) is -0.0654. The van der Waals surface area contributed by atoms with Gasteiger partial charge in [-0.05, 0) is 67.9 Å². The third-order valence-electron chi connectivity index (χ3n) is 5.84. The Morgan fingerprint density at radius 1 is 0.947 bits per heavy atom. The molecule has 1 heterocycles. The summed E-state index contributed by atoms with van der Waals surface area (Å²) in [6.07, 6.45) is 0.0893. The number of carbonyl (C=O) groups excluding carboxylic acids is 2. The summed E-state index contributed by atoms with van der Waals surface area (Å²) in [7, 11) is 0. The summed E-state index contributed by atoms with van der Waals surface area (Å²) in [4.78, 5) is 26.0. The van der Waals surface area contributed by atoms with Gasteiger partial charge in [0.05, 0.1) is 25.3 Å². The number of rotatable bonds is 11. The number of hydrogen-bond donors (Lipinski definition) is 3. The standard InChI is InChI=1S/C29H29FN4O4/c1-19-26(20(2)34-33-19)16-28(35)32-27(18-37-17-21-6-4-3-5-7-21)29(36)31-23-10-14-25(15-11-23)38-24-12-8-22(30)9-13-24/h3-15,27H,16-18H2,1-2H3,(H,31,36)(H,32,35)(H,33,34). The lowest BCUT2D eigenvalue weighted by Gasteiger charge is -2.19. The van der Waals surface area contributed by atoms with E-state index >= 15 is 0 Å². The number of anilines is 1. The van der Waals surface area contributed by atoms with Crippen molar-refractivity contribution in [2.45, 2.75) is 32.9 Å². The highest BCUT2D eigenvalue weighted by molar-refractivity contribution is 5.97. The molecule has 2 amide bonds. The molecule has 0 spiro atoms. The molecule has 1 atom stereocenters. The molecule has 8 nitrogen and oxygen atoms in total. The zero-order valence-corrected chi connectivity index (χ0v) is 21.2. The van der Waals surface area contributed by atoms with Crippen molar-refractivity contribution in [2.24, 2.45) is 0 Å². The average Bonchev–Trinajstić information content (AvgIpc) is 3.23. The lowest BCUT2D eigenvalue weighted by atomic mass is 10.1. The maximum atomic E-state index is 13.1. The molecule has 0 saturated carbocycles. The monoisotopic (exact) mass is 516 g/mol. The summed E-state index contributed by atoms with van der Waals surface area (Å²) >= 11 is 0. The van der Waals surface area contributed by atoms with Gasteiger partial charge in [0.1, 0.15) is 23.4 Å². The van der Waals surface area contributed by atoms with Crippen LogP contribution in [0.4, 0.5) is 10.1 Å². The molecule has 38 heavy (non-hydrogen) atoms. The minimum absolute atomic E-state index is 0.0123. The van der Waals surface area contributed by atoms with Crippen molar-refractivity contribution in [3.8, 4) is 11.5 Å². The quantitative estimate of drug-likeness (QED) is 0.265. The molecule has 9 heteroatoms. The minimum atomic E-state index is -0.922. The molecular weight excluding hydrogens is 487 g/mol. The van der Waals surface area contributed by atoms with Gasteiger partial charge < -0.3 is 20.1 Å². The molecule has 0 radical (unpaired) electrons. The predicted molar refractivity (Wildman–Crippen MR) is 141 cm³/mol. The molecule has 0 aliphatic carbocycles. The van der Waals surface area contributed by atoms with E-state index in [1.807, 2.05) is 44.2 Å². The van der Waals surface area contributed by atoms with E-state index in [0.29, 0.717) is 23.8 Å². The first kappa shape index (κ1) is 26.6. The Morgan fingerprint density at radius 3 is 2.24 bits per heavy atom. The van der Waals surface area contributed by atoms with Crippen molar-refractivity contribution in [1.29, 1.82) is 0 Å². The predicted octanol–water partition coefficient (Wildman–Crippen LogP) is 4.84. The number of carbonyl (C=O) groups is 2. The van der Waals surface area contributed by atoms with E-state index in [9.17, 15) is 14.0 Å². The van der Waals surface area contributed by atoms with Gasteiger partial charge in [0.2, 0.25) is 11.8 Å². The van der Waals surface area contributed by atoms with Gasteiger partial charge in [-0.1, -0.05) is 30.3 Å². The zero-order valence-electron chi connectivity index (χ0n) is 21.2. The van der Waals surface area contributed by atoms with Crippen LogP contribution < -0.4 is 15.4 Å². The van der Waals surface area contributed by atoms with Crippen LogP contribution >= 0.6 is 0 Å². The average molecular weight is 517 g/mol. The van der Waals surface area contributed by atoms with Crippen molar-refractivity contribution in [2.75, 3.05) is 11.9 Å². The zero-order chi connectivity index (χ0) is 26.9. The highest BCUT2D eigenvalue weighted by Gasteiger charge is 2.23. The van der Waals surface area contributed by atoms with Gasteiger partial charge in [0.15, 0.2) is 0 Å². The van der Waals surface area contributed by atoms with Crippen LogP contribution in [0, 0.1) is 19.7 Å². The number of benzene rings is 3. The largest absolute Gasteiger partial charge is 0.457 e. The van der Waals surface area contributed by atoms with Crippen molar-refractivity contribution in [1.82, 2.24) is 15.5 Å². The number of halogens is 1. The molecule has 0 bridgehead atoms. The Labute approximate surface area is 220 Å². The number of nitrogens with one attached hydrogen (secondary N) is 3. The molecule has 196 valence electrons. The molecule has 1 aromatic heterocycles. The van der Waals surface area contributed by atoms with Crippen molar-refractivity contribution < 1.29 is 23.5 Å². The Balaban J connectivity index is 1.39. The van der Waals surface area contributed by atoms with Crippen LogP contribution in [0.5, 0.6) is 11.5 Å². The first-order valence-electron chi connectivity index (χ1n) is 12.1. The van der Waals surface area contributed by atoms with Gasteiger partial charge >= 0.3 is 0 Å². The van der Waals surface area contributed by atoms with Crippen LogP contribution in [-0.2, 0) is 27.4 Å². The second-order valence-electron chi connectivity index (χ2n) is 8.78. The Morgan fingerprint density at radius 2 is 1.61 bits per heavy atom. The summed E-state index contributed by atoms with van der Waals surface area (Å²) in [6.45, 7) is 3.96. The lowest BCUT2D eigenvalue weighted by molar-refractivity contribution is -0.127. The summed E-state index contributed by atoms with van der Waals surface area (Å²) < 4.78 is 24.6. The van der Waals surface area contributed by atoms with Gasteiger partial charge in [-0.2, -0.15) is 5.10 Å². The van der Waals surface area contributed by atoms with Crippen LogP contribution in [0.25, 0.3) is 0 Å². The van der Waals surface area contributed by atoms with E-state index in [-0.39, 0.29) is 24.8 Å². The normalized spacial score (nSPS) is 11.6. The lowest BCUT2D eigenvalue weighted by Crippen LogP contribution is -2.47. The van der Waals surface area contributed by atoms with E-state index in [1.165, 1.54) is 24.3 Å². The Bertz CT molecular complexity index is 1340. The molecule has 1 unspecified atom stereocenters. The fourth-order valence-corrected chi connectivity index (χ4v) is 3.77. The smallest absolute Gasteiger partial charge is 0.249 e. The summed E-state index contributed by atoms with van der Waals surface area (Å²) in [5, 5.41) is 12.6. The van der Waals surface area contributed by atoms with Gasteiger partial charge in [0.25, 0.3) is 0 Å². The molecule has 4 aromatic rings. The van der Waals surface area contributed by atoms with Crippen molar-refractivity contribution in [3.05, 3.63) is 107 Å². The number of aromatic amines is 1. The number of hydrogen-bond acceptors (Lipinski definition) is 5. The second kappa shape index (κ2) is 12.6. The Hall–Kier alpha value is -4.50. The number of ether oxygens (including phenoxy) is 2. The maximum absolute atomic E-state index is 13.1.